The Balaban J connectivity index is 1.69. The van der Waals surface area contributed by atoms with E-state index in [0.717, 1.165) is 16.6 Å². The number of ketones is 1. The summed E-state index contributed by atoms with van der Waals surface area (Å²) in [6.07, 6.45) is 1.66. The molecule has 0 aliphatic rings. The van der Waals surface area contributed by atoms with Crippen LogP contribution in [0, 0.1) is 0 Å². The van der Waals surface area contributed by atoms with Crippen molar-refractivity contribution in [2.24, 2.45) is 7.05 Å². The monoisotopic (exact) mass is 358 g/mol. The maximum atomic E-state index is 12.8. The van der Waals surface area contributed by atoms with E-state index in [9.17, 15) is 9.59 Å². The van der Waals surface area contributed by atoms with Crippen LogP contribution in [0.25, 0.3) is 22.4 Å². The van der Waals surface area contributed by atoms with E-state index in [1.807, 2.05) is 48.5 Å². The number of aromatic amines is 1. The van der Waals surface area contributed by atoms with Gasteiger partial charge in [0.25, 0.3) is 5.91 Å². The van der Waals surface area contributed by atoms with E-state index in [4.69, 9.17) is 0 Å². The van der Waals surface area contributed by atoms with Gasteiger partial charge in [-0.1, -0.05) is 24.3 Å². The number of amides is 1. The maximum Gasteiger partial charge on any atom is 0.272 e. The third kappa shape index (κ3) is 3.13. The molecule has 2 aromatic heterocycles. The summed E-state index contributed by atoms with van der Waals surface area (Å²) in [7, 11) is 1.74. The van der Waals surface area contributed by atoms with Gasteiger partial charge < -0.3 is 14.9 Å². The SMILES string of the molecule is CC(=O)c1cc(C(=O)Nc2ccccc2-c2nc3ccccc3[nH]2)n(C)c1. The van der Waals surface area contributed by atoms with Crippen LogP contribution in [-0.2, 0) is 7.05 Å². The van der Waals surface area contributed by atoms with Gasteiger partial charge >= 0.3 is 0 Å². The fourth-order valence-corrected chi connectivity index (χ4v) is 3.05. The van der Waals surface area contributed by atoms with Gasteiger partial charge in [-0.2, -0.15) is 0 Å². The van der Waals surface area contributed by atoms with Crippen molar-refractivity contribution in [1.82, 2.24) is 14.5 Å². The number of nitrogens with one attached hydrogen (secondary N) is 2. The average molecular weight is 358 g/mol. The molecular formula is C21H18N4O2. The maximum absolute atomic E-state index is 12.8. The van der Waals surface area contributed by atoms with Crippen LogP contribution in [0.4, 0.5) is 5.69 Å². The Labute approximate surface area is 155 Å². The molecule has 0 fully saturated rings. The molecule has 0 atom stereocenters. The minimum Gasteiger partial charge on any atom is -0.346 e. The van der Waals surface area contributed by atoms with Crippen molar-refractivity contribution in [1.29, 1.82) is 0 Å². The number of fused-ring (bicyclic) bond motifs is 1. The van der Waals surface area contributed by atoms with Crippen LogP contribution < -0.4 is 5.32 Å². The number of aryl methyl sites for hydroxylation is 1. The summed E-state index contributed by atoms with van der Waals surface area (Å²) in [5, 5.41) is 2.93. The average Bonchev–Trinajstić information content (AvgIpc) is 3.25. The van der Waals surface area contributed by atoms with Crippen LogP contribution >= 0.6 is 0 Å². The lowest BCUT2D eigenvalue weighted by Gasteiger charge is -2.10. The Kier molecular flexibility index (Phi) is 4.08. The summed E-state index contributed by atoms with van der Waals surface area (Å²) < 4.78 is 1.65. The number of anilines is 1. The molecule has 0 radical (unpaired) electrons. The molecule has 0 saturated heterocycles. The molecule has 0 aliphatic carbocycles. The van der Waals surface area contributed by atoms with Gasteiger partial charge in [-0.25, -0.2) is 4.98 Å². The molecule has 134 valence electrons. The molecule has 0 spiro atoms. The second-order valence-corrected chi connectivity index (χ2v) is 6.38. The largest absolute Gasteiger partial charge is 0.346 e. The molecule has 27 heavy (non-hydrogen) atoms. The third-order valence-electron chi connectivity index (χ3n) is 4.46. The number of carbonyl (C=O) groups excluding carboxylic acids is 2. The second-order valence-electron chi connectivity index (χ2n) is 6.38. The number of H-pyrrole nitrogens is 1. The van der Waals surface area contributed by atoms with E-state index in [-0.39, 0.29) is 11.7 Å². The van der Waals surface area contributed by atoms with Crippen molar-refractivity contribution >= 4 is 28.4 Å². The fraction of sp³-hybridized carbons (Fsp3) is 0.0952. The Morgan fingerprint density at radius 1 is 1.07 bits per heavy atom. The van der Waals surface area contributed by atoms with Gasteiger partial charge in [-0.15, -0.1) is 0 Å². The highest BCUT2D eigenvalue weighted by Gasteiger charge is 2.16. The number of nitrogens with zero attached hydrogens (tertiary/aromatic N) is 2. The predicted octanol–water partition coefficient (Wildman–Crippen LogP) is 4.02. The zero-order valence-electron chi connectivity index (χ0n) is 15.0. The van der Waals surface area contributed by atoms with Gasteiger partial charge in [-0.3, -0.25) is 9.59 Å². The number of hydrogen-bond donors (Lipinski definition) is 2. The number of hydrogen-bond acceptors (Lipinski definition) is 3. The van der Waals surface area contributed by atoms with Crippen molar-refractivity contribution < 1.29 is 9.59 Å². The van der Waals surface area contributed by atoms with Crippen LogP contribution in [0.15, 0.2) is 60.8 Å². The van der Waals surface area contributed by atoms with Crippen LogP contribution in [0.2, 0.25) is 0 Å². The molecule has 6 heteroatoms. The normalized spacial score (nSPS) is 10.9. The summed E-state index contributed by atoms with van der Waals surface area (Å²) >= 11 is 0. The topological polar surface area (TPSA) is 79.8 Å². The molecule has 2 aromatic carbocycles. The van der Waals surface area contributed by atoms with Gasteiger partial charge in [-0.05, 0) is 37.3 Å². The van der Waals surface area contributed by atoms with Crippen LogP contribution in [0.1, 0.15) is 27.8 Å². The molecule has 2 N–H and O–H groups in total. The summed E-state index contributed by atoms with van der Waals surface area (Å²) in [4.78, 5) is 32.2. The van der Waals surface area contributed by atoms with Gasteiger partial charge in [0.15, 0.2) is 5.78 Å². The minimum atomic E-state index is -0.284. The van der Waals surface area contributed by atoms with Crippen molar-refractivity contribution in [3.8, 4) is 11.4 Å². The van der Waals surface area contributed by atoms with Gasteiger partial charge in [0.05, 0.1) is 16.7 Å². The van der Waals surface area contributed by atoms with Crippen molar-refractivity contribution in [2.45, 2.75) is 6.92 Å². The molecular weight excluding hydrogens is 340 g/mol. The van der Waals surface area contributed by atoms with Crippen LogP contribution in [0.3, 0.4) is 0 Å². The molecule has 0 bridgehead atoms. The lowest BCUT2D eigenvalue weighted by Crippen LogP contribution is -2.15. The summed E-state index contributed by atoms with van der Waals surface area (Å²) in [6.45, 7) is 1.48. The summed E-state index contributed by atoms with van der Waals surface area (Å²) in [5.74, 6) is 0.323. The number of para-hydroxylation sites is 3. The number of rotatable bonds is 4. The van der Waals surface area contributed by atoms with Crippen molar-refractivity contribution in [2.75, 3.05) is 5.32 Å². The molecule has 6 nitrogen and oxygen atoms in total. The first-order valence-corrected chi connectivity index (χ1v) is 8.56. The predicted molar refractivity (Wildman–Crippen MR) is 105 cm³/mol. The molecule has 1 amide bonds. The smallest absolute Gasteiger partial charge is 0.272 e. The lowest BCUT2D eigenvalue weighted by molar-refractivity contribution is 0.101. The highest BCUT2D eigenvalue weighted by atomic mass is 16.2. The van der Waals surface area contributed by atoms with Gasteiger partial charge in [0.1, 0.15) is 11.5 Å². The van der Waals surface area contributed by atoms with E-state index >= 15 is 0 Å². The number of Topliss-reactive ketones (excluding diaryl/α,β-unsaturated/α-hetero) is 1. The minimum absolute atomic E-state index is 0.0766. The number of carbonyl (C=O) groups is 2. The molecule has 4 rings (SSSR count). The molecule has 2 heterocycles. The Hall–Kier alpha value is -3.67. The van der Waals surface area contributed by atoms with E-state index in [1.54, 1.807) is 23.9 Å². The van der Waals surface area contributed by atoms with E-state index in [1.165, 1.54) is 6.92 Å². The van der Waals surface area contributed by atoms with Crippen molar-refractivity contribution in [3.05, 3.63) is 72.1 Å². The second kappa shape index (κ2) is 6.57. The molecule has 0 unspecified atom stereocenters. The first kappa shape index (κ1) is 16.8. The van der Waals surface area contributed by atoms with Crippen LogP contribution in [-0.4, -0.2) is 26.2 Å². The third-order valence-corrected chi connectivity index (χ3v) is 4.46. The lowest BCUT2D eigenvalue weighted by atomic mass is 10.1. The van der Waals surface area contributed by atoms with Gasteiger partial charge in [0, 0.05) is 24.4 Å². The highest BCUT2D eigenvalue weighted by Crippen LogP contribution is 2.28. The fourth-order valence-electron chi connectivity index (χ4n) is 3.05. The Bertz CT molecular complexity index is 1140. The summed E-state index contributed by atoms with van der Waals surface area (Å²) in [6, 6.07) is 16.9. The van der Waals surface area contributed by atoms with Gasteiger partial charge in [0.2, 0.25) is 0 Å². The zero-order chi connectivity index (χ0) is 19.0. The number of aromatic nitrogens is 3. The van der Waals surface area contributed by atoms with Crippen LogP contribution in [0.5, 0.6) is 0 Å². The van der Waals surface area contributed by atoms with E-state index < -0.39 is 0 Å². The van der Waals surface area contributed by atoms with E-state index in [0.29, 0.717) is 22.8 Å². The number of imidazole rings is 1. The van der Waals surface area contributed by atoms with E-state index in [2.05, 4.69) is 15.3 Å². The molecule has 0 saturated carbocycles. The summed E-state index contributed by atoms with van der Waals surface area (Å²) in [5.41, 5.74) is 4.16. The quantitative estimate of drug-likeness (QED) is 0.541. The molecule has 0 aliphatic heterocycles. The Morgan fingerprint density at radius 3 is 2.56 bits per heavy atom. The standard InChI is InChI=1S/C21H18N4O2/c1-13(26)14-11-19(25(2)12-14)21(27)24-16-8-4-3-7-15(16)20-22-17-9-5-6-10-18(17)23-20/h3-12H,1-2H3,(H,22,23)(H,24,27). The first-order valence-electron chi connectivity index (χ1n) is 8.56. The Morgan fingerprint density at radius 2 is 1.81 bits per heavy atom. The highest BCUT2D eigenvalue weighted by molar-refractivity contribution is 6.07. The zero-order valence-corrected chi connectivity index (χ0v) is 15.0. The first-order chi connectivity index (χ1) is 13.0. The number of benzene rings is 2. The van der Waals surface area contributed by atoms with Crippen molar-refractivity contribution in [3.63, 3.8) is 0 Å². The molecule has 4 aromatic rings.